The highest BCUT2D eigenvalue weighted by Crippen LogP contribution is 2.35. The number of halogens is 3. The fraction of sp³-hybridized carbons (Fsp3) is 1.00. The molecule has 0 aromatic rings. The van der Waals surface area contributed by atoms with Crippen LogP contribution in [-0.4, -0.2) is 41.9 Å². The molecule has 0 saturated heterocycles. The van der Waals surface area contributed by atoms with E-state index in [0.717, 1.165) is 21.3 Å². The first-order chi connectivity index (χ1) is 6.41. The maximum absolute atomic E-state index is 13.4. The van der Waals surface area contributed by atoms with E-state index in [1.165, 1.54) is 6.92 Å². The number of hydrogen-bond donors (Lipinski definition) is 0. The van der Waals surface area contributed by atoms with Crippen LogP contribution in [0.4, 0.5) is 13.2 Å². The predicted molar refractivity (Wildman–Crippen MR) is 46.9 cm³/mol. The van der Waals surface area contributed by atoms with Gasteiger partial charge in [0.2, 0.25) is 0 Å². The van der Waals surface area contributed by atoms with Gasteiger partial charge in [0.1, 0.15) is 0 Å². The van der Waals surface area contributed by atoms with Gasteiger partial charge in [0.15, 0.2) is 6.17 Å². The smallest absolute Gasteiger partial charge is 0.373 e. The first-order valence-electron chi connectivity index (χ1n) is 4.09. The van der Waals surface area contributed by atoms with Crippen LogP contribution in [0.5, 0.6) is 0 Å². The van der Waals surface area contributed by atoms with Gasteiger partial charge in [0, 0.05) is 21.3 Å². The van der Waals surface area contributed by atoms with Crippen LogP contribution < -0.4 is 0 Å². The summed E-state index contributed by atoms with van der Waals surface area (Å²) in [6, 6.07) is 0. The molecule has 0 radical (unpaired) electrons. The van der Waals surface area contributed by atoms with Crippen LogP contribution in [0.25, 0.3) is 0 Å². The van der Waals surface area contributed by atoms with Crippen LogP contribution in [0.3, 0.4) is 0 Å². The molecule has 7 heteroatoms. The van der Waals surface area contributed by atoms with Crippen molar-refractivity contribution in [1.82, 2.24) is 0 Å². The minimum atomic E-state index is -4.24. The van der Waals surface area contributed by atoms with E-state index >= 15 is 0 Å². The van der Waals surface area contributed by atoms with Crippen LogP contribution >= 0.6 is 0 Å². The zero-order chi connectivity index (χ0) is 11.4. The average Bonchev–Trinajstić information content (AvgIpc) is 2.19. The quantitative estimate of drug-likeness (QED) is 0.653. The molecule has 3 nitrogen and oxygen atoms in total. The highest BCUT2D eigenvalue weighted by Gasteiger charge is 2.67. The van der Waals surface area contributed by atoms with Crippen molar-refractivity contribution < 1.29 is 26.4 Å². The molecule has 0 aliphatic heterocycles. The number of alkyl halides is 3. The second-order valence-corrected chi connectivity index (χ2v) is 5.67. The van der Waals surface area contributed by atoms with E-state index in [4.69, 9.17) is 0 Å². The molecule has 0 aliphatic rings. The first kappa shape index (κ1) is 13.9. The van der Waals surface area contributed by atoms with Gasteiger partial charge in [-0.1, -0.05) is 6.92 Å². The van der Waals surface area contributed by atoms with Gasteiger partial charge in [-0.05, 0) is 6.42 Å². The molecule has 0 rings (SSSR count). The maximum atomic E-state index is 13.4. The average molecular weight is 232 g/mol. The standard InChI is InChI=1S/C7H15F3O3Si/c1-5-6(8)7(9,10)14(11-2,12-3)13-4/h6H,5H2,1-4H3. The van der Waals surface area contributed by atoms with Crippen molar-refractivity contribution in [1.29, 1.82) is 0 Å². The molecular formula is C7H15F3O3Si. The molecule has 0 spiro atoms. The van der Waals surface area contributed by atoms with Gasteiger partial charge in [-0.25, -0.2) is 4.39 Å². The molecule has 0 fully saturated rings. The van der Waals surface area contributed by atoms with E-state index in [0.29, 0.717) is 0 Å². The van der Waals surface area contributed by atoms with Gasteiger partial charge in [-0.15, -0.1) is 0 Å². The largest absolute Gasteiger partial charge is 0.577 e. The Hall–Kier alpha value is -0.113. The Morgan fingerprint density at radius 1 is 1.14 bits per heavy atom. The van der Waals surface area contributed by atoms with E-state index in [-0.39, 0.29) is 6.42 Å². The lowest BCUT2D eigenvalue weighted by atomic mass is 10.3. The molecular weight excluding hydrogens is 217 g/mol. The summed E-state index contributed by atoms with van der Waals surface area (Å²) in [7, 11) is -1.17. The Balaban J connectivity index is 4.96. The van der Waals surface area contributed by atoms with Crippen LogP contribution in [0.2, 0.25) is 0 Å². The molecule has 1 unspecified atom stereocenters. The van der Waals surface area contributed by atoms with Gasteiger partial charge >= 0.3 is 14.4 Å². The molecule has 0 N–H and O–H groups in total. The monoisotopic (exact) mass is 232 g/mol. The van der Waals surface area contributed by atoms with Gasteiger partial charge < -0.3 is 13.3 Å². The number of rotatable bonds is 6. The van der Waals surface area contributed by atoms with Crippen molar-refractivity contribution in [3.8, 4) is 0 Å². The summed E-state index contributed by atoms with van der Waals surface area (Å²) in [5.74, 6) is 0. The van der Waals surface area contributed by atoms with E-state index in [1.54, 1.807) is 0 Å². The van der Waals surface area contributed by atoms with Crippen LogP contribution in [0, 0.1) is 0 Å². The maximum Gasteiger partial charge on any atom is 0.577 e. The highest BCUT2D eigenvalue weighted by molar-refractivity contribution is 6.63. The van der Waals surface area contributed by atoms with Gasteiger partial charge in [-0.2, -0.15) is 8.78 Å². The van der Waals surface area contributed by atoms with Gasteiger partial charge in [0.25, 0.3) is 0 Å². The molecule has 0 aromatic heterocycles. The van der Waals surface area contributed by atoms with Crippen molar-refractivity contribution >= 4 is 8.80 Å². The zero-order valence-electron chi connectivity index (χ0n) is 8.64. The molecule has 0 bridgehead atoms. The van der Waals surface area contributed by atoms with Crippen molar-refractivity contribution in [3.63, 3.8) is 0 Å². The van der Waals surface area contributed by atoms with Gasteiger partial charge in [-0.3, -0.25) is 0 Å². The summed E-state index contributed by atoms with van der Waals surface area (Å²) < 4.78 is 53.5. The molecule has 0 aliphatic carbocycles. The predicted octanol–water partition coefficient (Wildman–Crippen LogP) is 1.79. The minimum absolute atomic E-state index is 0.322. The van der Waals surface area contributed by atoms with E-state index in [1.807, 2.05) is 0 Å². The topological polar surface area (TPSA) is 27.7 Å². The van der Waals surface area contributed by atoms with Crippen LogP contribution in [-0.2, 0) is 13.3 Å². The Morgan fingerprint density at radius 3 is 1.71 bits per heavy atom. The lowest BCUT2D eigenvalue weighted by molar-refractivity contribution is -0.0791. The summed E-state index contributed by atoms with van der Waals surface area (Å²) in [4.78, 5) is 0. The third-order valence-electron chi connectivity index (χ3n) is 1.97. The molecule has 0 amide bonds. The van der Waals surface area contributed by atoms with E-state index in [9.17, 15) is 13.2 Å². The Labute approximate surface area is 82.5 Å². The molecule has 0 saturated carbocycles. The Kier molecular flexibility index (Phi) is 5.06. The fourth-order valence-electron chi connectivity index (χ4n) is 1.11. The highest BCUT2D eigenvalue weighted by atomic mass is 28.4. The summed E-state index contributed by atoms with van der Waals surface area (Å²) in [6.07, 6.45) is -2.65. The van der Waals surface area contributed by atoms with Crippen molar-refractivity contribution in [3.05, 3.63) is 0 Å². The van der Waals surface area contributed by atoms with E-state index in [2.05, 4.69) is 13.3 Å². The Morgan fingerprint density at radius 2 is 1.50 bits per heavy atom. The van der Waals surface area contributed by atoms with Crippen molar-refractivity contribution in [2.75, 3.05) is 21.3 Å². The lowest BCUT2D eigenvalue weighted by Crippen LogP contribution is -2.63. The fourth-order valence-corrected chi connectivity index (χ4v) is 3.01. The summed E-state index contributed by atoms with van der Waals surface area (Å²) in [5.41, 5.74) is -3.72. The third-order valence-corrected chi connectivity index (χ3v) is 4.71. The Bertz CT molecular complexity index is 167. The second-order valence-electron chi connectivity index (χ2n) is 2.67. The van der Waals surface area contributed by atoms with E-state index < -0.39 is 20.5 Å². The molecule has 0 heterocycles. The van der Waals surface area contributed by atoms with Crippen molar-refractivity contribution in [2.24, 2.45) is 0 Å². The lowest BCUT2D eigenvalue weighted by Gasteiger charge is -2.33. The molecule has 0 aromatic carbocycles. The normalized spacial score (nSPS) is 15.6. The van der Waals surface area contributed by atoms with Gasteiger partial charge in [0.05, 0.1) is 0 Å². The van der Waals surface area contributed by atoms with Crippen LogP contribution in [0.15, 0.2) is 0 Å². The summed E-state index contributed by atoms with van der Waals surface area (Å²) in [5, 5.41) is 0. The summed E-state index contributed by atoms with van der Waals surface area (Å²) >= 11 is 0. The number of hydrogen-bond acceptors (Lipinski definition) is 3. The minimum Gasteiger partial charge on any atom is -0.373 e. The van der Waals surface area contributed by atoms with Crippen LogP contribution in [0.1, 0.15) is 13.3 Å². The first-order valence-corrected chi connectivity index (χ1v) is 5.81. The SMILES string of the molecule is CCC(F)C(F)(F)[Si](OC)(OC)OC. The molecule has 14 heavy (non-hydrogen) atoms. The second kappa shape index (κ2) is 5.10. The zero-order valence-corrected chi connectivity index (χ0v) is 9.64. The van der Waals surface area contributed by atoms with Crippen molar-refractivity contribution in [2.45, 2.75) is 25.1 Å². The molecule has 86 valence electrons. The third kappa shape index (κ3) is 2.10. The molecule has 1 atom stereocenters. The summed E-state index contributed by atoms with van der Waals surface area (Å²) in [6.45, 7) is 1.32.